The predicted octanol–water partition coefficient (Wildman–Crippen LogP) is 3.17. The van der Waals surface area contributed by atoms with Gasteiger partial charge >= 0.3 is 0 Å². The summed E-state index contributed by atoms with van der Waals surface area (Å²) >= 11 is 1.56. The number of nitrogens with zero attached hydrogens (tertiary/aromatic N) is 3. The Bertz CT molecular complexity index is 832. The molecule has 0 N–H and O–H groups in total. The second-order valence-electron chi connectivity index (χ2n) is 6.13. The van der Waals surface area contributed by atoms with Gasteiger partial charge in [0.15, 0.2) is 0 Å². The molecule has 1 fully saturated rings. The smallest absolute Gasteiger partial charge is 0.264 e. The normalized spacial score (nSPS) is 17.8. The standard InChI is InChI=1S/C19H19N3O2S/c23-19(18-11-14-3-1-2-4-17(14)25-18)22-9-10-24-16(12-22)6-5-15-7-8-20-13-21-15/h1-4,7-8,11,13,16H,5-6,9-10,12H2. The zero-order chi connectivity index (χ0) is 17.1. The maximum Gasteiger partial charge on any atom is 0.264 e. The van der Waals surface area contributed by atoms with E-state index in [4.69, 9.17) is 4.74 Å². The number of rotatable bonds is 4. The first-order valence-corrected chi connectivity index (χ1v) is 9.25. The summed E-state index contributed by atoms with van der Waals surface area (Å²) < 4.78 is 6.99. The van der Waals surface area contributed by atoms with E-state index in [2.05, 4.69) is 16.0 Å². The molecule has 0 bridgehead atoms. The minimum atomic E-state index is 0.0574. The Balaban J connectivity index is 1.40. The summed E-state index contributed by atoms with van der Waals surface area (Å²) in [5.74, 6) is 0.108. The first-order valence-electron chi connectivity index (χ1n) is 8.44. The highest BCUT2D eigenvalue weighted by molar-refractivity contribution is 7.20. The predicted molar refractivity (Wildman–Crippen MR) is 97.8 cm³/mol. The molecule has 1 aliphatic rings. The van der Waals surface area contributed by atoms with Crippen molar-refractivity contribution in [2.24, 2.45) is 0 Å². The molecule has 1 amide bonds. The molecule has 6 heteroatoms. The Kier molecular flexibility index (Phi) is 4.72. The van der Waals surface area contributed by atoms with Crippen LogP contribution in [-0.4, -0.2) is 46.6 Å². The molecule has 0 spiro atoms. The van der Waals surface area contributed by atoms with Crippen LogP contribution in [0.2, 0.25) is 0 Å². The third kappa shape index (κ3) is 3.70. The summed E-state index contributed by atoms with van der Waals surface area (Å²) in [6.45, 7) is 1.88. The van der Waals surface area contributed by atoms with E-state index in [0.717, 1.165) is 33.5 Å². The van der Waals surface area contributed by atoms with Gasteiger partial charge in [0.25, 0.3) is 5.91 Å². The van der Waals surface area contributed by atoms with Gasteiger partial charge in [-0.3, -0.25) is 4.79 Å². The van der Waals surface area contributed by atoms with Crippen molar-refractivity contribution in [3.05, 3.63) is 59.5 Å². The average Bonchev–Trinajstić information content (AvgIpc) is 3.11. The molecule has 2 aromatic heterocycles. The van der Waals surface area contributed by atoms with E-state index >= 15 is 0 Å². The number of hydrogen-bond donors (Lipinski definition) is 0. The van der Waals surface area contributed by atoms with Gasteiger partial charge in [-0.25, -0.2) is 9.97 Å². The molecule has 1 saturated heterocycles. The molecular formula is C19H19N3O2S. The fraction of sp³-hybridized carbons (Fsp3) is 0.316. The topological polar surface area (TPSA) is 55.3 Å². The number of carbonyl (C=O) groups excluding carboxylic acids is 1. The van der Waals surface area contributed by atoms with Crippen molar-refractivity contribution in [2.45, 2.75) is 18.9 Å². The molecule has 128 valence electrons. The number of carbonyl (C=O) groups is 1. The zero-order valence-electron chi connectivity index (χ0n) is 13.8. The lowest BCUT2D eigenvalue weighted by molar-refractivity contribution is -0.0245. The van der Waals surface area contributed by atoms with Crippen molar-refractivity contribution in [1.29, 1.82) is 0 Å². The number of hydrogen-bond acceptors (Lipinski definition) is 5. The minimum Gasteiger partial charge on any atom is -0.375 e. The van der Waals surface area contributed by atoms with Gasteiger partial charge in [0, 0.05) is 29.7 Å². The van der Waals surface area contributed by atoms with Crippen LogP contribution in [0, 0.1) is 0 Å². The molecule has 1 aliphatic heterocycles. The van der Waals surface area contributed by atoms with Crippen LogP contribution in [0.3, 0.4) is 0 Å². The first kappa shape index (κ1) is 16.2. The Morgan fingerprint density at radius 2 is 2.24 bits per heavy atom. The van der Waals surface area contributed by atoms with E-state index in [1.165, 1.54) is 0 Å². The Morgan fingerprint density at radius 1 is 1.32 bits per heavy atom. The van der Waals surface area contributed by atoms with Crippen molar-refractivity contribution in [2.75, 3.05) is 19.7 Å². The van der Waals surface area contributed by atoms with Gasteiger partial charge in [-0.05, 0) is 36.4 Å². The molecule has 0 saturated carbocycles. The van der Waals surface area contributed by atoms with Crippen LogP contribution in [-0.2, 0) is 11.2 Å². The summed E-state index contributed by atoms with van der Waals surface area (Å²) in [6.07, 6.45) is 5.06. The Morgan fingerprint density at radius 3 is 3.08 bits per heavy atom. The Labute approximate surface area is 150 Å². The maximum atomic E-state index is 12.8. The van der Waals surface area contributed by atoms with Crippen molar-refractivity contribution in [1.82, 2.24) is 14.9 Å². The number of benzene rings is 1. The van der Waals surface area contributed by atoms with Crippen LogP contribution >= 0.6 is 11.3 Å². The quantitative estimate of drug-likeness (QED) is 0.723. The lowest BCUT2D eigenvalue weighted by atomic mass is 10.1. The number of morpholine rings is 1. The SMILES string of the molecule is O=C(c1cc2ccccc2s1)N1CCOC(CCc2ccncn2)C1. The molecule has 3 heterocycles. The highest BCUT2D eigenvalue weighted by atomic mass is 32.1. The highest BCUT2D eigenvalue weighted by Gasteiger charge is 2.26. The van der Waals surface area contributed by atoms with Gasteiger partial charge in [-0.15, -0.1) is 11.3 Å². The molecule has 1 aromatic carbocycles. The van der Waals surface area contributed by atoms with Crippen LogP contribution < -0.4 is 0 Å². The molecule has 0 radical (unpaired) electrons. The average molecular weight is 353 g/mol. The number of aryl methyl sites for hydroxylation is 1. The number of thiophene rings is 1. The van der Waals surface area contributed by atoms with E-state index in [-0.39, 0.29) is 12.0 Å². The number of ether oxygens (including phenoxy) is 1. The first-order chi connectivity index (χ1) is 12.3. The fourth-order valence-corrected chi connectivity index (χ4v) is 4.13. The monoisotopic (exact) mass is 353 g/mol. The lowest BCUT2D eigenvalue weighted by Crippen LogP contribution is -2.45. The van der Waals surface area contributed by atoms with E-state index in [1.54, 1.807) is 23.9 Å². The Hall–Kier alpha value is -2.31. The maximum absolute atomic E-state index is 12.8. The minimum absolute atomic E-state index is 0.0574. The highest BCUT2D eigenvalue weighted by Crippen LogP contribution is 2.27. The third-order valence-corrected chi connectivity index (χ3v) is 5.53. The van der Waals surface area contributed by atoms with Crippen LogP contribution in [0.25, 0.3) is 10.1 Å². The molecule has 25 heavy (non-hydrogen) atoms. The van der Waals surface area contributed by atoms with E-state index < -0.39 is 0 Å². The van der Waals surface area contributed by atoms with E-state index in [1.807, 2.05) is 35.2 Å². The molecule has 5 nitrogen and oxygen atoms in total. The van der Waals surface area contributed by atoms with Gasteiger partial charge in [0.2, 0.25) is 0 Å². The van der Waals surface area contributed by atoms with Gasteiger partial charge < -0.3 is 9.64 Å². The third-order valence-electron chi connectivity index (χ3n) is 4.43. The fourth-order valence-electron chi connectivity index (χ4n) is 3.10. The van der Waals surface area contributed by atoms with Gasteiger partial charge in [0.05, 0.1) is 17.6 Å². The second-order valence-corrected chi connectivity index (χ2v) is 7.22. The molecule has 0 aliphatic carbocycles. The summed E-state index contributed by atoms with van der Waals surface area (Å²) in [7, 11) is 0. The lowest BCUT2D eigenvalue weighted by Gasteiger charge is -2.32. The van der Waals surface area contributed by atoms with Crippen LogP contribution in [0.15, 0.2) is 48.9 Å². The van der Waals surface area contributed by atoms with Gasteiger partial charge in [-0.2, -0.15) is 0 Å². The number of amides is 1. The number of fused-ring (bicyclic) bond motifs is 1. The van der Waals surface area contributed by atoms with Crippen LogP contribution in [0.4, 0.5) is 0 Å². The molecule has 1 unspecified atom stereocenters. The van der Waals surface area contributed by atoms with Crippen molar-refractivity contribution in [3.63, 3.8) is 0 Å². The van der Waals surface area contributed by atoms with Gasteiger partial charge in [-0.1, -0.05) is 18.2 Å². The second kappa shape index (κ2) is 7.29. The molecule has 3 aromatic rings. The summed E-state index contributed by atoms with van der Waals surface area (Å²) in [5, 5.41) is 1.13. The largest absolute Gasteiger partial charge is 0.375 e. The summed E-state index contributed by atoms with van der Waals surface area (Å²) in [6, 6.07) is 12.0. The molecule has 4 rings (SSSR count). The van der Waals surface area contributed by atoms with Crippen molar-refractivity contribution >= 4 is 27.3 Å². The molecular weight excluding hydrogens is 334 g/mol. The summed E-state index contributed by atoms with van der Waals surface area (Å²) in [4.78, 5) is 23.7. The van der Waals surface area contributed by atoms with E-state index in [0.29, 0.717) is 19.7 Å². The summed E-state index contributed by atoms with van der Waals surface area (Å²) in [5.41, 5.74) is 1.01. The van der Waals surface area contributed by atoms with Crippen LogP contribution in [0.1, 0.15) is 21.8 Å². The van der Waals surface area contributed by atoms with Crippen molar-refractivity contribution < 1.29 is 9.53 Å². The molecule has 1 atom stereocenters. The van der Waals surface area contributed by atoms with Gasteiger partial charge in [0.1, 0.15) is 6.33 Å². The number of aromatic nitrogens is 2. The van der Waals surface area contributed by atoms with Crippen LogP contribution in [0.5, 0.6) is 0 Å². The van der Waals surface area contributed by atoms with Crippen molar-refractivity contribution in [3.8, 4) is 0 Å². The zero-order valence-corrected chi connectivity index (χ0v) is 14.6. The van der Waals surface area contributed by atoms with E-state index in [9.17, 15) is 4.79 Å².